The van der Waals surface area contributed by atoms with Gasteiger partial charge in [-0.3, -0.25) is 0 Å². The maximum absolute atomic E-state index is 5.31. The van der Waals surface area contributed by atoms with Gasteiger partial charge in [0.1, 0.15) is 7.11 Å². The highest BCUT2D eigenvalue weighted by Crippen LogP contribution is 2.18. The van der Waals surface area contributed by atoms with Crippen molar-refractivity contribution in [3.05, 3.63) is 36.0 Å². The minimum Gasteiger partial charge on any atom is -0.417 e. The van der Waals surface area contributed by atoms with Gasteiger partial charge in [-0.15, -0.1) is 0 Å². The molecule has 2 nitrogen and oxygen atoms in total. The Morgan fingerprint density at radius 3 is 2.77 bits per heavy atom. The van der Waals surface area contributed by atoms with Crippen LogP contribution < -0.4 is 4.84 Å². The maximum atomic E-state index is 5.31. The third-order valence-electron chi connectivity index (χ3n) is 2.28. The molecule has 2 heteroatoms. The molecule has 0 aliphatic heterocycles. The molecule has 0 saturated carbocycles. The van der Waals surface area contributed by atoms with Crippen LogP contribution in [0.2, 0.25) is 0 Å². The minimum atomic E-state index is 0.989. The van der Waals surface area contributed by atoms with Crippen molar-refractivity contribution in [1.82, 2.24) is 4.73 Å². The van der Waals surface area contributed by atoms with E-state index in [9.17, 15) is 0 Å². The Morgan fingerprint density at radius 1 is 1.31 bits per heavy atom. The van der Waals surface area contributed by atoms with Crippen LogP contribution in [0.5, 0.6) is 0 Å². The summed E-state index contributed by atoms with van der Waals surface area (Å²) in [7, 11) is 1.70. The van der Waals surface area contributed by atoms with Gasteiger partial charge < -0.3 is 4.84 Å². The Bertz CT molecular complexity index is 417. The number of hydrogen-bond donors (Lipinski definition) is 0. The van der Waals surface area contributed by atoms with Crippen molar-refractivity contribution in [3.63, 3.8) is 0 Å². The Hall–Kier alpha value is -1.44. The van der Waals surface area contributed by atoms with E-state index in [4.69, 9.17) is 4.84 Å². The van der Waals surface area contributed by atoms with Crippen LogP contribution in [-0.2, 0) is 6.42 Å². The van der Waals surface area contributed by atoms with Crippen LogP contribution in [0, 0.1) is 0 Å². The number of aromatic nitrogens is 1. The number of rotatable bonds is 2. The molecule has 0 amide bonds. The Labute approximate surface area is 77.7 Å². The lowest BCUT2D eigenvalue weighted by molar-refractivity contribution is 0.171. The van der Waals surface area contributed by atoms with Gasteiger partial charge in [0.05, 0.1) is 11.2 Å². The average Bonchev–Trinajstić information content (AvgIpc) is 2.55. The molecule has 0 radical (unpaired) electrons. The van der Waals surface area contributed by atoms with Gasteiger partial charge in [-0.2, -0.15) is 4.73 Å². The highest BCUT2D eigenvalue weighted by Gasteiger charge is 2.05. The first-order valence-electron chi connectivity index (χ1n) is 4.50. The Kier molecular flexibility index (Phi) is 1.97. The molecular weight excluding hydrogens is 162 g/mol. The molecule has 0 aliphatic rings. The van der Waals surface area contributed by atoms with Crippen LogP contribution in [0.25, 0.3) is 10.9 Å². The van der Waals surface area contributed by atoms with E-state index in [2.05, 4.69) is 25.1 Å². The SMILES string of the molecule is CCc1cc2ccccc2n1OC. The van der Waals surface area contributed by atoms with Crippen LogP contribution in [0.3, 0.4) is 0 Å². The fourth-order valence-electron chi connectivity index (χ4n) is 1.65. The quantitative estimate of drug-likeness (QED) is 0.683. The second kappa shape index (κ2) is 3.13. The van der Waals surface area contributed by atoms with Crippen LogP contribution in [0.4, 0.5) is 0 Å². The van der Waals surface area contributed by atoms with E-state index < -0.39 is 0 Å². The number of nitrogens with zero attached hydrogens (tertiary/aromatic N) is 1. The number of benzene rings is 1. The summed E-state index contributed by atoms with van der Waals surface area (Å²) >= 11 is 0. The van der Waals surface area contributed by atoms with Crippen molar-refractivity contribution in [2.24, 2.45) is 0 Å². The highest BCUT2D eigenvalue weighted by atomic mass is 16.6. The molecule has 0 atom stereocenters. The van der Waals surface area contributed by atoms with E-state index in [1.165, 1.54) is 11.1 Å². The molecule has 1 aromatic carbocycles. The van der Waals surface area contributed by atoms with Gasteiger partial charge in [-0.1, -0.05) is 25.1 Å². The lowest BCUT2D eigenvalue weighted by atomic mass is 10.2. The van der Waals surface area contributed by atoms with Gasteiger partial charge in [0, 0.05) is 5.39 Å². The van der Waals surface area contributed by atoms with Gasteiger partial charge in [0.2, 0.25) is 0 Å². The first kappa shape index (κ1) is 8.17. The Balaban J connectivity index is 2.73. The van der Waals surface area contributed by atoms with Gasteiger partial charge in [-0.25, -0.2) is 0 Å². The molecule has 68 valence electrons. The summed E-state index contributed by atoms with van der Waals surface area (Å²) in [6.45, 7) is 2.13. The summed E-state index contributed by atoms with van der Waals surface area (Å²) in [4.78, 5) is 5.31. The van der Waals surface area contributed by atoms with Crippen molar-refractivity contribution in [3.8, 4) is 0 Å². The van der Waals surface area contributed by atoms with E-state index in [-0.39, 0.29) is 0 Å². The first-order chi connectivity index (χ1) is 6.36. The van der Waals surface area contributed by atoms with Crippen LogP contribution in [-0.4, -0.2) is 11.8 Å². The average molecular weight is 175 g/mol. The predicted octanol–water partition coefficient (Wildman–Crippen LogP) is 2.26. The largest absolute Gasteiger partial charge is 0.417 e. The van der Waals surface area contributed by atoms with E-state index in [1.807, 2.05) is 16.9 Å². The molecule has 2 rings (SSSR count). The summed E-state index contributed by atoms with van der Waals surface area (Å²) in [5.41, 5.74) is 2.35. The third-order valence-corrected chi connectivity index (χ3v) is 2.28. The van der Waals surface area contributed by atoms with Crippen molar-refractivity contribution >= 4 is 10.9 Å². The summed E-state index contributed by atoms with van der Waals surface area (Å²) < 4.78 is 1.88. The first-order valence-corrected chi connectivity index (χ1v) is 4.50. The molecule has 0 N–H and O–H groups in total. The highest BCUT2D eigenvalue weighted by molar-refractivity contribution is 5.80. The van der Waals surface area contributed by atoms with Crippen LogP contribution in [0.15, 0.2) is 30.3 Å². The minimum absolute atomic E-state index is 0.989. The van der Waals surface area contributed by atoms with E-state index in [0.29, 0.717) is 0 Å². The number of fused-ring (bicyclic) bond motifs is 1. The fraction of sp³-hybridized carbons (Fsp3) is 0.273. The fourth-order valence-corrected chi connectivity index (χ4v) is 1.65. The smallest absolute Gasteiger partial charge is 0.104 e. The second-order valence-corrected chi connectivity index (χ2v) is 3.02. The molecule has 1 aromatic heterocycles. The number of hydrogen-bond acceptors (Lipinski definition) is 1. The predicted molar refractivity (Wildman–Crippen MR) is 53.8 cm³/mol. The topological polar surface area (TPSA) is 14.2 Å². The van der Waals surface area contributed by atoms with E-state index >= 15 is 0 Å². The third kappa shape index (κ3) is 1.18. The van der Waals surface area contributed by atoms with Crippen LogP contribution in [0.1, 0.15) is 12.6 Å². The molecule has 13 heavy (non-hydrogen) atoms. The van der Waals surface area contributed by atoms with Gasteiger partial charge in [0.15, 0.2) is 0 Å². The lowest BCUT2D eigenvalue weighted by Gasteiger charge is -2.05. The van der Waals surface area contributed by atoms with Gasteiger partial charge >= 0.3 is 0 Å². The summed E-state index contributed by atoms with van der Waals surface area (Å²) in [6, 6.07) is 10.4. The summed E-state index contributed by atoms with van der Waals surface area (Å²) in [5, 5.41) is 1.24. The molecule has 0 spiro atoms. The second-order valence-electron chi connectivity index (χ2n) is 3.02. The molecule has 0 saturated heterocycles. The van der Waals surface area contributed by atoms with Gasteiger partial charge in [-0.05, 0) is 18.6 Å². The van der Waals surface area contributed by atoms with Crippen LogP contribution >= 0.6 is 0 Å². The zero-order valence-corrected chi connectivity index (χ0v) is 7.95. The zero-order valence-electron chi connectivity index (χ0n) is 7.95. The van der Waals surface area contributed by atoms with Gasteiger partial charge in [0.25, 0.3) is 0 Å². The van der Waals surface area contributed by atoms with Crippen molar-refractivity contribution < 1.29 is 4.84 Å². The molecule has 2 aromatic rings. The van der Waals surface area contributed by atoms with E-state index in [1.54, 1.807) is 7.11 Å². The molecule has 0 fully saturated rings. The van der Waals surface area contributed by atoms with E-state index in [0.717, 1.165) is 11.9 Å². The normalized spacial score (nSPS) is 10.6. The maximum Gasteiger partial charge on any atom is 0.104 e. The van der Waals surface area contributed by atoms with Crippen molar-refractivity contribution in [2.45, 2.75) is 13.3 Å². The van der Waals surface area contributed by atoms with Crippen molar-refractivity contribution in [1.29, 1.82) is 0 Å². The lowest BCUT2D eigenvalue weighted by Crippen LogP contribution is -2.08. The molecule has 0 unspecified atom stereocenters. The number of para-hydroxylation sites is 1. The molecule has 0 bridgehead atoms. The summed E-state index contributed by atoms with van der Waals surface area (Å²) in [6.07, 6.45) is 0.989. The molecule has 1 heterocycles. The van der Waals surface area contributed by atoms with Crippen molar-refractivity contribution in [2.75, 3.05) is 7.11 Å². The zero-order chi connectivity index (χ0) is 9.26. The molecule has 0 aliphatic carbocycles. The summed E-state index contributed by atoms with van der Waals surface area (Å²) in [5.74, 6) is 0. The molecular formula is C11H13NO. The number of aryl methyl sites for hydroxylation is 1. The standard InChI is InChI=1S/C11H13NO/c1-3-10-8-9-6-4-5-7-11(9)12(10)13-2/h4-8H,3H2,1-2H3. The monoisotopic (exact) mass is 175 g/mol. The Morgan fingerprint density at radius 2 is 2.08 bits per heavy atom.